The summed E-state index contributed by atoms with van der Waals surface area (Å²) in [5, 5.41) is 6.38. The second-order valence-electron chi connectivity index (χ2n) is 4.31. The van der Waals surface area contributed by atoms with Crippen LogP contribution in [0.25, 0.3) is 0 Å². The van der Waals surface area contributed by atoms with Crippen molar-refractivity contribution < 1.29 is 9.32 Å². The summed E-state index contributed by atoms with van der Waals surface area (Å²) in [6, 6.07) is 6.98. The van der Waals surface area contributed by atoms with E-state index < -0.39 is 0 Å². The lowest BCUT2D eigenvalue weighted by molar-refractivity contribution is 0.102. The highest BCUT2D eigenvalue weighted by Crippen LogP contribution is 2.13. The second-order valence-corrected chi connectivity index (χ2v) is 4.31. The number of nitrogens with two attached hydrogens (primary N) is 1. The average Bonchev–Trinajstić information content (AvgIpc) is 2.83. The number of benzene rings is 1. The first-order valence-corrected chi connectivity index (χ1v) is 6.14. The number of aromatic nitrogens is 1. The van der Waals surface area contributed by atoms with Gasteiger partial charge in [0.1, 0.15) is 5.76 Å². The number of nitrogens with zero attached hydrogens (tertiary/aromatic N) is 1. The Bertz CT molecular complexity index is 693. The van der Waals surface area contributed by atoms with Crippen molar-refractivity contribution in [1.82, 2.24) is 5.16 Å². The van der Waals surface area contributed by atoms with Crippen LogP contribution in [0.15, 0.2) is 28.8 Å². The van der Waals surface area contributed by atoms with Crippen LogP contribution in [0.1, 0.15) is 27.2 Å². The van der Waals surface area contributed by atoms with Gasteiger partial charge in [-0.25, -0.2) is 0 Å². The van der Waals surface area contributed by atoms with Gasteiger partial charge >= 0.3 is 0 Å². The quantitative estimate of drug-likeness (QED) is 0.815. The van der Waals surface area contributed by atoms with Gasteiger partial charge in [-0.1, -0.05) is 23.1 Å². The van der Waals surface area contributed by atoms with Gasteiger partial charge in [0.05, 0.1) is 6.54 Å². The first-order valence-electron chi connectivity index (χ1n) is 6.14. The Labute approximate surface area is 117 Å². The first-order chi connectivity index (χ1) is 9.60. The molecular formula is C15H15N3O2. The van der Waals surface area contributed by atoms with E-state index in [-0.39, 0.29) is 12.5 Å². The third kappa shape index (κ3) is 3.25. The lowest BCUT2D eigenvalue weighted by atomic mass is 10.0. The normalized spacial score (nSPS) is 9.75. The zero-order valence-corrected chi connectivity index (χ0v) is 11.4. The van der Waals surface area contributed by atoms with Gasteiger partial charge in [-0.2, -0.15) is 0 Å². The summed E-state index contributed by atoms with van der Waals surface area (Å²) in [6.07, 6.45) is 0. The van der Waals surface area contributed by atoms with Crippen molar-refractivity contribution in [2.75, 3.05) is 11.9 Å². The Hall–Kier alpha value is -2.58. The number of hydrogen-bond acceptors (Lipinski definition) is 4. The lowest BCUT2D eigenvalue weighted by Crippen LogP contribution is -2.12. The largest absolute Gasteiger partial charge is 0.360 e. The van der Waals surface area contributed by atoms with Crippen molar-refractivity contribution in [2.24, 2.45) is 5.73 Å². The fourth-order valence-corrected chi connectivity index (χ4v) is 1.66. The van der Waals surface area contributed by atoms with Crippen molar-refractivity contribution in [2.45, 2.75) is 13.8 Å². The molecule has 2 aromatic rings. The zero-order valence-electron chi connectivity index (χ0n) is 11.4. The highest BCUT2D eigenvalue weighted by atomic mass is 16.5. The molecule has 0 atom stereocenters. The standard InChI is InChI=1S/C15H15N3O2/c1-10-5-6-13(9-12(10)4-3-7-16)15(19)17-14-8-11(2)20-18-14/h5-6,8-9H,7,16H2,1-2H3,(H,17,18,19). The van der Waals surface area contributed by atoms with E-state index in [1.807, 2.05) is 13.0 Å². The van der Waals surface area contributed by atoms with E-state index in [0.717, 1.165) is 11.1 Å². The summed E-state index contributed by atoms with van der Waals surface area (Å²) < 4.78 is 4.90. The molecule has 1 aromatic heterocycles. The molecule has 5 nitrogen and oxygen atoms in total. The SMILES string of the molecule is Cc1cc(NC(=O)c2ccc(C)c(C#CCN)c2)no1. The van der Waals surface area contributed by atoms with E-state index in [9.17, 15) is 4.79 Å². The summed E-state index contributed by atoms with van der Waals surface area (Å²) in [6.45, 7) is 3.98. The molecule has 3 N–H and O–H groups in total. The van der Waals surface area contributed by atoms with Crippen LogP contribution in [0.2, 0.25) is 0 Å². The Morgan fingerprint density at radius 2 is 2.20 bits per heavy atom. The van der Waals surface area contributed by atoms with Crippen LogP contribution in [0.3, 0.4) is 0 Å². The maximum absolute atomic E-state index is 12.1. The number of rotatable bonds is 2. The smallest absolute Gasteiger partial charge is 0.256 e. The minimum absolute atomic E-state index is 0.255. The molecule has 0 saturated heterocycles. The number of aryl methyl sites for hydroxylation is 2. The molecule has 1 aromatic carbocycles. The highest BCUT2D eigenvalue weighted by Gasteiger charge is 2.10. The van der Waals surface area contributed by atoms with Crippen LogP contribution in [-0.2, 0) is 0 Å². The summed E-state index contributed by atoms with van der Waals surface area (Å²) in [4.78, 5) is 12.1. The van der Waals surface area contributed by atoms with Gasteiger partial charge in [-0.3, -0.25) is 4.79 Å². The number of carbonyl (C=O) groups is 1. The van der Waals surface area contributed by atoms with Crippen LogP contribution in [-0.4, -0.2) is 17.6 Å². The summed E-state index contributed by atoms with van der Waals surface area (Å²) in [7, 11) is 0. The molecule has 2 rings (SSSR count). The minimum atomic E-state index is -0.255. The molecule has 0 radical (unpaired) electrons. The number of hydrogen-bond donors (Lipinski definition) is 2. The molecule has 102 valence electrons. The summed E-state index contributed by atoms with van der Waals surface area (Å²) in [5.41, 5.74) is 7.66. The van der Waals surface area contributed by atoms with Crippen molar-refractivity contribution >= 4 is 11.7 Å². The van der Waals surface area contributed by atoms with Gasteiger partial charge in [-0.15, -0.1) is 0 Å². The van der Waals surface area contributed by atoms with Gasteiger partial charge in [0.25, 0.3) is 5.91 Å². The van der Waals surface area contributed by atoms with Gasteiger partial charge in [0.2, 0.25) is 0 Å². The summed E-state index contributed by atoms with van der Waals surface area (Å²) in [5.74, 6) is 6.50. The van der Waals surface area contributed by atoms with Gasteiger partial charge in [0, 0.05) is 17.2 Å². The minimum Gasteiger partial charge on any atom is -0.360 e. The van der Waals surface area contributed by atoms with Crippen LogP contribution in [0.4, 0.5) is 5.82 Å². The Balaban J connectivity index is 2.22. The fourth-order valence-electron chi connectivity index (χ4n) is 1.66. The first kappa shape index (κ1) is 13.8. The van der Waals surface area contributed by atoms with E-state index in [4.69, 9.17) is 10.3 Å². The molecule has 1 heterocycles. The number of nitrogens with one attached hydrogen (secondary N) is 1. The van der Waals surface area contributed by atoms with E-state index in [0.29, 0.717) is 17.1 Å². The molecule has 0 unspecified atom stereocenters. The predicted octanol–water partition coefficient (Wildman–Crippen LogP) is 1.85. The maximum atomic E-state index is 12.1. The van der Waals surface area contributed by atoms with Gasteiger partial charge < -0.3 is 15.6 Å². The maximum Gasteiger partial charge on any atom is 0.256 e. The van der Waals surface area contributed by atoms with E-state index in [1.165, 1.54) is 0 Å². The van der Waals surface area contributed by atoms with Crippen molar-refractivity contribution in [3.05, 3.63) is 46.7 Å². The van der Waals surface area contributed by atoms with E-state index in [1.54, 1.807) is 25.1 Å². The molecule has 20 heavy (non-hydrogen) atoms. The van der Waals surface area contributed by atoms with Crippen molar-refractivity contribution in [3.8, 4) is 11.8 Å². The summed E-state index contributed by atoms with van der Waals surface area (Å²) >= 11 is 0. The number of amides is 1. The fraction of sp³-hybridized carbons (Fsp3) is 0.200. The van der Waals surface area contributed by atoms with Gasteiger partial charge in [-0.05, 0) is 31.5 Å². The van der Waals surface area contributed by atoms with E-state index >= 15 is 0 Å². The molecule has 0 aliphatic heterocycles. The highest BCUT2D eigenvalue weighted by molar-refractivity contribution is 6.04. The number of carbonyl (C=O) groups excluding carboxylic acids is 1. The second kappa shape index (κ2) is 6.04. The molecule has 0 aliphatic rings. The van der Waals surface area contributed by atoms with Crippen molar-refractivity contribution in [1.29, 1.82) is 0 Å². The van der Waals surface area contributed by atoms with Crippen LogP contribution in [0.5, 0.6) is 0 Å². The van der Waals surface area contributed by atoms with Crippen LogP contribution < -0.4 is 11.1 Å². The Morgan fingerprint density at radius 3 is 2.85 bits per heavy atom. The topological polar surface area (TPSA) is 81.2 Å². The average molecular weight is 269 g/mol. The van der Waals surface area contributed by atoms with Crippen molar-refractivity contribution in [3.63, 3.8) is 0 Å². The van der Waals surface area contributed by atoms with Crippen LogP contribution in [0, 0.1) is 25.7 Å². The molecule has 0 saturated carbocycles. The lowest BCUT2D eigenvalue weighted by Gasteiger charge is -2.04. The Morgan fingerprint density at radius 1 is 1.40 bits per heavy atom. The molecular weight excluding hydrogens is 254 g/mol. The molecule has 0 aliphatic carbocycles. The zero-order chi connectivity index (χ0) is 14.5. The molecule has 0 bridgehead atoms. The van der Waals surface area contributed by atoms with Crippen LogP contribution >= 0.6 is 0 Å². The molecule has 0 spiro atoms. The Kier molecular flexibility index (Phi) is 4.18. The monoisotopic (exact) mass is 269 g/mol. The molecule has 5 heteroatoms. The van der Waals surface area contributed by atoms with Gasteiger partial charge in [0.15, 0.2) is 5.82 Å². The predicted molar refractivity (Wildman–Crippen MR) is 76.3 cm³/mol. The third-order valence-corrected chi connectivity index (χ3v) is 2.69. The van der Waals surface area contributed by atoms with E-state index in [2.05, 4.69) is 22.3 Å². The molecule has 0 fully saturated rings. The third-order valence-electron chi connectivity index (χ3n) is 2.69. The molecule has 1 amide bonds. The number of anilines is 1.